The molecule has 1 aliphatic heterocycles. The first-order valence-electron chi connectivity index (χ1n) is 8.56. The van der Waals surface area contributed by atoms with Gasteiger partial charge in [-0.2, -0.15) is 0 Å². The molecule has 4 nitrogen and oxygen atoms in total. The average Bonchev–Trinajstić information content (AvgIpc) is 2.61. The van der Waals surface area contributed by atoms with E-state index < -0.39 is 0 Å². The molecule has 0 aromatic heterocycles. The number of hydrogen-bond acceptors (Lipinski definition) is 3. The second-order valence-electron chi connectivity index (χ2n) is 6.35. The van der Waals surface area contributed by atoms with Crippen LogP contribution in [-0.4, -0.2) is 30.4 Å². The molecule has 0 bridgehead atoms. The third-order valence-corrected chi connectivity index (χ3v) is 4.30. The number of rotatable bonds is 5. The van der Waals surface area contributed by atoms with Crippen LogP contribution >= 0.6 is 0 Å². The standard InChI is InChI=1S/C20H24N2O2/c1-16-8-7-13-22(15-16)20(23)14-21-18-11-5-6-12-19(18)24-17-9-3-2-4-10-17/h2-6,9-12,16,21H,7-8,13-15H2,1H3. The van der Waals surface area contributed by atoms with Gasteiger partial charge in [0.15, 0.2) is 5.75 Å². The maximum absolute atomic E-state index is 12.4. The van der Waals surface area contributed by atoms with Crippen LogP contribution in [-0.2, 0) is 4.79 Å². The summed E-state index contributed by atoms with van der Waals surface area (Å²) in [5.74, 6) is 2.25. The number of carbonyl (C=O) groups excluding carboxylic acids is 1. The van der Waals surface area contributed by atoms with Crippen molar-refractivity contribution in [2.24, 2.45) is 5.92 Å². The third-order valence-electron chi connectivity index (χ3n) is 4.30. The van der Waals surface area contributed by atoms with Gasteiger partial charge in [-0.25, -0.2) is 0 Å². The number of ether oxygens (including phenoxy) is 1. The Bertz CT molecular complexity index is 672. The predicted molar refractivity (Wildman–Crippen MR) is 96.4 cm³/mol. The number of benzene rings is 2. The minimum Gasteiger partial charge on any atom is -0.455 e. The van der Waals surface area contributed by atoms with E-state index in [2.05, 4.69) is 12.2 Å². The van der Waals surface area contributed by atoms with Crippen molar-refractivity contribution in [3.05, 3.63) is 54.6 Å². The molecule has 2 aromatic carbocycles. The van der Waals surface area contributed by atoms with Gasteiger partial charge in [-0.15, -0.1) is 0 Å². The molecule has 1 amide bonds. The van der Waals surface area contributed by atoms with Gasteiger partial charge in [0.2, 0.25) is 5.91 Å². The fraction of sp³-hybridized carbons (Fsp3) is 0.350. The van der Waals surface area contributed by atoms with Crippen molar-refractivity contribution in [2.45, 2.75) is 19.8 Å². The smallest absolute Gasteiger partial charge is 0.241 e. The SMILES string of the molecule is CC1CCCN(C(=O)CNc2ccccc2Oc2ccccc2)C1. The van der Waals surface area contributed by atoms with Crippen molar-refractivity contribution in [1.82, 2.24) is 4.90 Å². The Hall–Kier alpha value is -2.49. The van der Waals surface area contributed by atoms with Crippen LogP contribution in [0.25, 0.3) is 0 Å². The molecule has 0 spiro atoms. The average molecular weight is 324 g/mol. The summed E-state index contributed by atoms with van der Waals surface area (Å²) in [5, 5.41) is 3.23. The molecule has 3 rings (SSSR count). The summed E-state index contributed by atoms with van der Waals surface area (Å²) in [6, 6.07) is 17.4. The van der Waals surface area contributed by atoms with E-state index in [4.69, 9.17) is 4.74 Å². The summed E-state index contributed by atoms with van der Waals surface area (Å²) >= 11 is 0. The molecule has 0 aliphatic carbocycles. The summed E-state index contributed by atoms with van der Waals surface area (Å²) in [4.78, 5) is 14.4. The van der Waals surface area contributed by atoms with E-state index >= 15 is 0 Å². The Labute approximate surface area is 143 Å². The number of para-hydroxylation sites is 3. The van der Waals surface area contributed by atoms with Gasteiger partial charge in [-0.3, -0.25) is 4.79 Å². The van der Waals surface area contributed by atoms with E-state index in [1.807, 2.05) is 59.5 Å². The van der Waals surface area contributed by atoms with E-state index in [0.717, 1.165) is 36.7 Å². The van der Waals surface area contributed by atoms with Gasteiger partial charge in [-0.05, 0) is 43.0 Å². The lowest BCUT2D eigenvalue weighted by molar-refractivity contribution is -0.130. The Balaban J connectivity index is 1.62. The fourth-order valence-corrected chi connectivity index (χ4v) is 3.02. The van der Waals surface area contributed by atoms with Crippen molar-refractivity contribution in [3.63, 3.8) is 0 Å². The first kappa shape index (κ1) is 16.4. The summed E-state index contributed by atoms with van der Waals surface area (Å²) in [6.07, 6.45) is 2.31. The molecule has 24 heavy (non-hydrogen) atoms. The molecule has 126 valence electrons. The predicted octanol–water partition coefficient (Wildman–Crippen LogP) is 4.15. The Morgan fingerprint density at radius 1 is 1.17 bits per heavy atom. The van der Waals surface area contributed by atoms with Crippen LogP contribution in [0.2, 0.25) is 0 Å². The van der Waals surface area contributed by atoms with Gasteiger partial charge in [-0.1, -0.05) is 37.3 Å². The Morgan fingerprint density at radius 3 is 2.71 bits per heavy atom. The van der Waals surface area contributed by atoms with Crippen LogP contribution < -0.4 is 10.1 Å². The normalized spacial score (nSPS) is 17.4. The number of piperidine rings is 1. The molecule has 1 heterocycles. The third kappa shape index (κ3) is 4.28. The molecule has 0 radical (unpaired) electrons. The largest absolute Gasteiger partial charge is 0.455 e. The molecule has 4 heteroatoms. The lowest BCUT2D eigenvalue weighted by Gasteiger charge is -2.31. The lowest BCUT2D eigenvalue weighted by atomic mass is 10.0. The zero-order chi connectivity index (χ0) is 16.8. The van der Waals surface area contributed by atoms with Crippen LogP contribution in [0.4, 0.5) is 5.69 Å². The first-order chi connectivity index (χ1) is 11.7. The molecule has 2 aromatic rings. The number of amides is 1. The van der Waals surface area contributed by atoms with E-state index in [1.54, 1.807) is 0 Å². The highest BCUT2D eigenvalue weighted by Gasteiger charge is 2.20. The van der Waals surface area contributed by atoms with Crippen LogP contribution in [0.3, 0.4) is 0 Å². The molecule has 1 aliphatic rings. The fourth-order valence-electron chi connectivity index (χ4n) is 3.02. The monoisotopic (exact) mass is 324 g/mol. The van der Waals surface area contributed by atoms with Crippen LogP contribution in [0, 0.1) is 5.92 Å². The van der Waals surface area contributed by atoms with Gasteiger partial charge < -0.3 is 15.0 Å². The van der Waals surface area contributed by atoms with E-state index in [9.17, 15) is 4.79 Å². The molecular formula is C20H24N2O2. The van der Waals surface area contributed by atoms with Crippen molar-refractivity contribution in [1.29, 1.82) is 0 Å². The topological polar surface area (TPSA) is 41.6 Å². The zero-order valence-electron chi connectivity index (χ0n) is 14.1. The maximum atomic E-state index is 12.4. The van der Waals surface area contributed by atoms with Crippen molar-refractivity contribution < 1.29 is 9.53 Å². The highest BCUT2D eigenvalue weighted by Crippen LogP contribution is 2.29. The van der Waals surface area contributed by atoms with Gasteiger partial charge in [0.05, 0.1) is 12.2 Å². The van der Waals surface area contributed by atoms with Gasteiger partial charge in [0.1, 0.15) is 5.75 Å². The number of carbonyl (C=O) groups is 1. The van der Waals surface area contributed by atoms with E-state index in [1.165, 1.54) is 6.42 Å². The number of hydrogen-bond donors (Lipinski definition) is 1. The van der Waals surface area contributed by atoms with Gasteiger partial charge >= 0.3 is 0 Å². The Kier molecular flexibility index (Phi) is 5.36. The quantitative estimate of drug-likeness (QED) is 0.898. The first-order valence-corrected chi connectivity index (χ1v) is 8.56. The molecule has 1 unspecified atom stereocenters. The second-order valence-corrected chi connectivity index (χ2v) is 6.35. The minimum absolute atomic E-state index is 0.149. The zero-order valence-corrected chi connectivity index (χ0v) is 14.1. The maximum Gasteiger partial charge on any atom is 0.241 e. The van der Waals surface area contributed by atoms with Crippen molar-refractivity contribution in [3.8, 4) is 11.5 Å². The summed E-state index contributed by atoms with van der Waals surface area (Å²) in [6.45, 7) is 4.23. The second kappa shape index (κ2) is 7.86. The Morgan fingerprint density at radius 2 is 1.92 bits per heavy atom. The number of nitrogens with one attached hydrogen (secondary N) is 1. The summed E-state index contributed by atoms with van der Waals surface area (Å²) in [5.41, 5.74) is 0.833. The number of anilines is 1. The van der Waals surface area contributed by atoms with Gasteiger partial charge in [0.25, 0.3) is 0 Å². The van der Waals surface area contributed by atoms with E-state index in [0.29, 0.717) is 12.5 Å². The molecule has 1 atom stereocenters. The highest BCUT2D eigenvalue weighted by atomic mass is 16.5. The molecule has 0 saturated carbocycles. The lowest BCUT2D eigenvalue weighted by Crippen LogP contribution is -2.41. The van der Waals surface area contributed by atoms with Crippen molar-refractivity contribution >= 4 is 11.6 Å². The summed E-state index contributed by atoms with van der Waals surface area (Å²) < 4.78 is 5.92. The number of likely N-dealkylation sites (tertiary alicyclic amines) is 1. The highest BCUT2D eigenvalue weighted by molar-refractivity contribution is 5.81. The van der Waals surface area contributed by atoms with Crippen LogP contribution in [0.5, 0.6) is 11.5 Å². The molecule has 1 N–H and O–H groups in total. The molecular weight excluding hydrogens is 300 g/mol. The van der Waals surface area contributed by atoms with Crippen LogP contribution in [0.15, 0.2) is 54.6 Å². The van der Waals surface area contributed by atoms with Crippen molar-refractivity contribution in [2.75, 3.05) is 25.0 Å². The molecule has 1 saturated heterocycles. The van der Waals surface area contributed by atoms with Crippen LogP contribution in [0.1, 0.15) is 19.8 Å². The summed E-state index contributed by atoms with van der Waals surface area (Å²) in [7, 11) is 0. The minimum atomic E-state index is 0.149. The van der Waals surface area contributed by atoms with Gasteiger partial charge in [0, 0.05) is 13.1 Å². The van der Waals surface area contributed by atoms with E-state index in [-0.39, 0.29) is 5.91 Å². The molecule has 1 fully saturated rings. The number of nitrogens with zero attached hydrogens (tertiary/aromatic N) is 1.